The van der Waals surface area contributed by atoms with Gasteiger partial charge in [0, 0.05) is 26.2 Å². The van der Waals surface area contributed by atoms with E-state index in [1.807, 2.05) is 9.80 Å². The van der Waals surface area contributed by atoms with Crippen molar-refractivity contribution in [1.29, 1.82) is 0 Å². The number of hydrogen-bond donors (Lipinski definition) is 0. The van der Waals surface area contributed by atoms with Crippen molar-refractivity contribution >= 4 is 30.8 Å². The van der Waals surface area contributed by atoms with Crippen LogP contribution in [0.3, 0.4) is 0 Å². The molecule has 0 unspecified atom stereocenters. The standard InChI is InChI=1S/C9H16N2O.2ClH/c12-9(10-5-1-2-6-10)11-7-3-4-8-11;;/h1-8H2;2*1H. The summed E-state index contributed by atoms with van der Waals surface area (Å²) in [5, 5.41) is 0. The maximum absolute atomic E-state index is 11.7. The molecule has 2 heterocycles. The summed E-state index contributed by atoms with van der Waals surface area (Å²) in [7, 11) is 0. The van der Waals surface area contributed by atoms with E-state index in [9.17, 15) is 4.79 Å². The number of nitrogens with zero attached hydrogens (tertiary/aromatic N) is 2. The van der Waals surface area contributed by atoms with E-state index >= 15 is 0 Å². The second-order valence-corrected chi connectivity index (χ2v) is 3.67. The third-order valence-corrected chi connectivity index (χ3v) is 2.75. The Hall–Kier alpha value is -0.150. The van der Waals surface area contributed by atoms with Crippen LogP contribution in [0.25, 0.3) is 0 Å². The molecule has 5 heteroatoms. The maximum Gasteiger partial charge on any atom is 0.319 e. The Labute approximate surface area is 97.6 Å². The fraction of sp³-hybridized carbons (Fsp3) is 0.889. The molecule has 3 nitrogen and oxygen atoms in total. The second-order valence-electron chi connectivity index (χ2n) is 3.67. The van der Waals surface area contributed by atoms with Gasteiger partial charge in [0.15, 0.2) is 0 Å². The van der Waals surface area contributed by atoms with E-state index in [0.29, 0.717) is 0 Å². The van der Waals surface area contributed by atoms with Crippen LogP contribution in [0.15, 0.2) is 0 Å². The van der Waals surface area contributed by atoms with E-state index in [-0.39, 0.29) is 30.8 Å². The first-order valence-electron chi connectivity index (χ1n) is 4.92. The molecule has 0 bridgehead atoms. The van der Waals surface area contributed by atoms with Crippen LogP contribution >= 0.6 is 24.8 Å². The summed E-state index contributed by atoms with van der Waals surface area (Å²) in [4.78, 5) is 15.7. The van der Waals surface area contributed by atoms with E-state index in [4.69, 9.17) is 0 Å². The van der Waals surface area contributed by atoms with Gasteiger partial charge in [0.05, 0.1) is 0 Å². The molecule has 2 saturated heterocycles. The molecule has 0 N–H and O–H groups in total. The van der Waals surface area contributed by atoms with Gasteiger partial charge in [-0.3, -0.25) is 0 Å². The fourth-order valence-electron chi connectivity index (χ4n) is 2.02. The molecule has 0 spiro atoms. The summed E-state index contributed by atoms with van der Waals surface area (Å²) in [6, 6.07) is 0.282. The van der Waals surface area contributed by atoms with E-state index in [1.165, 1.54) is 25.7 Å². The van der Waals surface area contributed by atoms with Gasteiger partial charge in [-0.25, -0.2) is 4.79 Å². The zero-order chi connectivity index (χ0) is 8.39. The number of hydrogen-bond acceptors (Lipinski definition) is 1. The molecule has 0 aromatic rings. The first-order valence-corrected chi connectivity index (χ1v) is 4.92. The molecule has 0 atom stereocenters. The molecular weight excluding hydrogens is 223 g/mol. The molecule has 0 radical (unpaired) electrons. The Bertz CT molecular complexity index is 160. The highest BCUT2D eigenvalue weighted by Crippen LogP contribution is 2.14. The smallest absolute Gasteiger partial charge is 0.319 e. The topological polar surface area (TPSA) is 23.6 Å². The van der Waals surface area contributed by atoms with Crippen molar-refractivity contribution in [3.8, 4) is 0 Å². The van der Waals surface area contributed by atoms with Crippen LogP contribution in [0.5, 0.6) is 0 Å². The van der Waals surface area contributed by atoms with E-state index < -0.39 is 0 Å². The molecular formula is C9H18Cl2N2O. The molecule has 0 aliphatic carbocycles. The lowest BCUT2D eigenvalue weighted by molar-refractivity contribution is 0.173. The second kappa shape index (κ2) is 6.36. The van der Waals surface area contributed by atoms with Crippen molar-refractivity contribution in [2.45, 2.75) is 25.7 Å². The lowest BCUT2D eigenvalue weighted by Gasteiger charge is -2.23. The van der Waals surface area contributed by atoms with Crippen LogP contribution in [0.2, 0.25) is 0 Å². The van der Waals surface area contributed by atoms with Crippen molar-refractivity contribution in [3.63, 3.8) is 0 Å². The average molecular weight is 241 g/mol. The molecule has 2 amide bonds. The highest BCUT2D eigenvalue weighted by molar-refractivity contribution is 5.85. The Morgan fingerprint density at radius 2 is 1.00 bits per heavy atom. The van der Waals surface area contributed by atoms with Gasteiger partial charge in [-0.1, -0.05) is 0 Å². The fourth-order valence-corrected chi connectivity index (χ4v) is 2.02. The summed E-state index contributed by atoms with van der Waals surface area (Å²) >= 11 is 0. The summed E-state index contributed by atoms with van der Waals surface area (Å²) in [5.74, 6) is 0. The SMILES string of the molecule is Cl.Cl.O=C(N1CCCC1)N1CCCC1. The molecule has 2 aliphatic heterocycles. The highest BCUT2D eigenvalue weighted by Gasteiger charge is 2.25. The summed E-state index contributed by atoms with van der Waals surface area (Å²) in [5.41, 5.74) is 0. The zero-order valence-electron chi connectivity index (χ0n) is 8.28. The lowest BCUT2D eigenvalue weighted by Crippen LogP contribution is -2.39. The molecule has 84 valence electrons. The van der Waals surface area contributed by atoms with Gasteiger partial charge >= 0.3 is 6.03 Å². The minimum atomic E-state index is 0. The number of rotatable bonds is 0. The largest absolute Gasteiger partial charge is 0.325 e. The lowest BCUT2D eigenvalue weighted by atomic mass is 10.4. The van der Waals surface area contributed by atoms with Gasteiger partial charge in [0.2, 0.25) is 0 Å². The van der Waals surface area contributed by atoms with Crippen LogP contribution < -0.4 is 0 Å². The normalized spacial score (nSPS) is 20.3. The predicted octanol–water partition coefficient (Wildman–Crippen LogP) is 2.14. The molecule has 0 aromatic heterocycles. The number of carbonyl (C=O) groups excluding carboxylic acids is 1. The zero-order valence-corrected chi connectivity index (χ0v) is 9.91. The number of amides is 2. The Balaban J connectivity index is 0.000000845. The van der Waals surface area contributed by atoms with Gasteiger partial charge in [0.1, 0.15) is 0 Å². The third-order valence-electron chi connectivity index (χ3n) is 2.75. The van der Waals surface area contributed by atoms with Crippen molar-refractivity contribution in [2.75, 3.05) is 26.2 Å². The van der Waals surface area contributed by atoms with E-state index in [0.717, 1.165) is 26.2 Å². The third kappa shape index (κ3) is 2.92. The van der Waals surface area contributed by atoms with Crippen molar-refractivity contribution in [2.24, 2.45) is 0 Å². The number of likely N-dealkylation sites (tertiary alicyclic amines) is 2. The minimum absolute atomic E-state index is 0. The summed E-state index contributed by atoms with van der Waals surface area (Å²) in [6.07, 6.45) is 4.78. The van der Waals surface area contributed by atoms with Crippen LogP contribution in [-0.4, -0.2) is 42.0 Å². The molecule has 14 heavy (non-hydrogen) atoms. The Morgan fingerprint density at radius 1 is 0.714 bits per heavy atom. The van der Waals surface area contributed by atoms with Gasteiger partial charge in [-0.15, -0.1) is 24.8 Å². The number of carbonyl (C=O) groups is 1. The van der Waals surface area contributed by atoms with Gasteiger partial charge in [-0.2, -0.15) is 0 Å². The van der Waals surface area contributed by atoms with Crippen molar-refractivity contribution < 1.29 is 4.79 Å². The molecule has 0 aromatic carbocycles. The van der Waals surface area contributed by atoms with Crippen LogP contribution in [-0.2, 0) is 0 Å². The number of halogens is 2. The van der Waals surface area contributed by atoms with E-state index in [2.05, 4.69) is 0 Å². The predicted molar refractivity (Wildman–Crippen MR) is 61.5 cm³/mol. The molecule has 2 fully saturated rings. The van der Waals surface area contributed by atoms with Crippen LogP contribution in [0.1, 0.15) is 25.7 Å². The van der Waals surface area contributed by atoms with Gasteiger partial charge < -0.3 is 9.80 Å². The average Bonchev–Trinajstić information content (AvgIpc) is 2.77. The number of urea groups is 1. The molecule has 0 saturated carbocycles. The van der Waals surface area contributed by atoms with Crippen LogP contribution in [0.4, 0.5) is 4.79 Å². The van der Waals surface area contributed by atoms with Gasteiger partial charge in [0.25, 0.3) is 0 Å². The molecule has 2 aliphatic rings. The van der Waals surface area contributed by atoms with E-state index in [1.54, 1.807) is 0 Å². The first-order chi connectivity index (χ1) is 5.88. The quantitative estimate of drug-likeness (QED) is 0.637. The monoisotopic (exact) mass is 240 g/mol. The van der Waals surface area contributed by atoms with Gasteiger partial charge in [-0.05, 0) is 25.7 Å². The maximum atomic E-state index is 11.7. The Kier molecular flexibility index (Phi) is 6.29. The van der Waals surface area contributed by atoms with Crippen molar-refractivity contribution in [3.05, 3.63) is 0 Å². The highest BCUT2D eigenvalue weighted by atomic mass is 35.5. The van der Waals surface area contributed by atoms with Crippen LogP contribution in [0, 0.1) is 0 Å². The Morgan fingerprint density at radius 3 is 1.29 bits per heavy atom. The van der Waals surface area contributed by atoms with Crippen molar-refractivity contribution in [1.82, 2.24) is 9.80 Å². The first kappa shape index (κ1) is 13.8. The summed E-state index contributed by atoms with van der Waals surface area (Å²) < 4.78 is 0. The molecule has 2 rings (SSSR count). The summed E-state index contributed by atoms with van der Waals surface area (Å²) in [6.45, 7) is 3.93. The minimum Gasteiger partial charge on any atom is -0.325 e.